The van der Waals surface area contributed by atoms with Gasteiger partial charge in [0, 0.05) is 16.1 Å². The number of rotatable bonds is 6. The highest BCUT2D eigenvalue weighted by Crippen LogP contribution is 2.44. The van der Waals surface area contributed by atoms with Crippen molar-refractivity contribution in [3.63, 3.8) is 0 Å². The van der Waals surface area contributed by atoms with Gasteiger partial charge in [0.05, 0.1) is 5.56 Å². The second-order valence-electron chi connectivity index (χ2n) is 8.94. The first kappa shape index (κ1) is 23.1. The summed E-state index contributed by atoms with van der Waals surface area (Å²) in [4.78, 5) is 36.9. The average molecular weight is 535 g/mol. The van der Waals surface area contributed by atoms with E-state index in [1.54, 1.807) is 13.0 Å². The van der Waals surface area contributed by atoms with Gasteiger partial charge in [0.25, 0.3) is 5.91 Å². The maximum absolute atomic E-state index is 12.8. The number of fused-ring (bicyclic) bond motifs is 3. The number of carboxylic acid groups (broad SMARTS) is 1. The summed E-state index contributed by atoms with van der Waals surface area (Å²) in [6, 6.07) is 19.4. The molecule has 0 radical (unpaired) electrons. The van der Waals surface area contributed by atoms with Crippen molar-refractivity contribution in [2.45, 2.75) is 31.2 Å². The predicted molar refractivity (Wildman–Crippen MR) is 135 cm³/mol. The summed E-state index contributed by atoms with van der Waals surface area (Å²) in [7, 11) is 0. The van der Waals surface area contributed by atoms with Crippen molar-refractivity contribution < 1.29 is 24.2 Å². The Morgan fingerprint density at radius 2 is 1.63 bits per heavy atom. The number of carbonyl (C=O) groups is 3. The van der Waals surface area contributed by atoms with Crippen LogP contribution in [0.15, 0.2) is 65.1 Å². The zero-order chi connectivity index (χ0) is 24.7. The summed E-state index contributed by atoms with van der Waals surface area (Å²) in [5.41, 5.74) is 4.69. The maximum Gasteiger partial charge on any atom is 0.411 e. The van der Waals surface area contributed by atoms with Gasteiger partial charge in [-0.2, -0.15) is 0 Å². The molecule has 0 unspecified atom stereocenters. The van der Waals surface area contributed by atoms with E-state index in [9.17, 15) is 19.5 Å². The van der Waals surface area contributed by atoms with Crippen LogP contribution in [0.1, 0.15) is 45.8 Å². The summed E-state index contributed by atoms with van der Waals surface area (Å²) in [5.74, 6) is -1.63. The molecule has 8 heteroatoms. The minimum Gasteiger partial charge on any atom is -0.480 e. The van der Waals surface area contributed by atoms with Crippen LogP contribution in [0.3, 0.4) is 0 Å². The number of amides is 2. The van der Waals surface area contributed by atoms with Crippen LogP contribution in [-0.4, -0.2) is 35.2 Å². The van der Waals surface area contributed by atoms with E-state index in [1.807, 2.05) is 24.3 Å². The third-order valence-corrected chi connectivity index (χ3v) is 7.31. The molecule has 2 aliphatic rings. The van der Waals surface area contributed by atoms with Crippen LogP contribution < -0.4 is 10.6 Å². The third kappa shape index (κ3) is 4.30. The first-order chi connectivity index (χ1) is 16.8. The molecule has 3 aromatic carbocycles. The highest BCUT2D eigenvalue weighted by atomic mass is 79.9. The van der Waals surface area contributed by atoms with Gasteiger partial charge >= 0.3 is 12.1 Å². The second kappa shape index (κ2) is 8.85. The number of halogens is 1. The molecule has 0 aromatic heterocycles. The zero-order valence-corrected chi connectivity index (χ0v) is 20.5. The molecule has 0 saturated heterocycles. The minimum atomic E-state index is -1.21. The molecule has 178 valence electrons. The Morgan fingerprint density at radius 3 is 2.20 bits per heavy atom. The van der Waals surface area contributed by atoms with E-state index in [1.165, 1.54) is 6.07 Å². The lowest BCUT2D eigenvalue weighted by atomic mass is 9.98. The number of carbonyl (C=O) groups excluding carboxylic acids is 2. The second-order valence-corrected chi connectivity index (χ2v) is 9.79. The Labute approximate surface area is 210 Å². The number of aliphatic carboxylic acids is 1. The Bertz CT molecular complexity index is 1320. The standard InChI is InChI=1S/C27H23BrN2O5/c1-15-12-22(28)20(24(31)30-27(10-11-27)25(32)33)13-23(15)29-26(34)35-14-21-18-8-4-2-6-16(18)17-7-3-5-9-19(17)21/h2-9,12-13,21H,10-11,14H2,1H3,(H,29,34)(H,30,31)(H,32,33). The highest BCUT2D eigenvalue weighted by Gasteiger charge is 2.51. The topological polar surface area (TPSA) is 105 Å². The fourth-order valence-corrected chi connectivity index (χ4v) is 5.17. The number of hydrogen-bond acceptors (Lipinski definition) is 4. The van der Waals surface area contributed by atoms with Gasteiger partial charge in [-0.15, -0.1) is 0 Å². The van der Waals surface area contributed by atoms with Gasteiger partial charge in [0.15, 0.2) is 0 Å². The monoisotopic (exact) mass is 534 g/mol. The first-order valence-corrected chi connectivity index (χ1v) is 12.1. The molecule has 3 aromatic rings. The van der Waals surface area contributed by atoms with E-state index in [0.29, 0.717) is 23.0 Å². The van der Waals surface area contributed by atoms with E-state index >= 15 is 0 Å². The number of aryl methyl sites for hydroxylation is 1. The van der Waals surface area contributed by atoms with Gasteiger partial charge in [-0.05, 0) is 75.6 Å². The Kier molecular flexibility index (Phi) is 5.84. The van der Waals surface area contributed by atoms with Crippen molar-refractivity contribution in [2.75, 3.05) is 11.9 Å². The van der Waals surface area contributed by atoms with Gasteiger partial charge in [0.1, 0.15) is 12.1 Å². The lowest BCUT2D eigenvalue weighted by Gasteiger charge is -2.17. The number of ether oxygens (including phenoxy) is 1. The van der Waals surface area contributed by atoms with Crippen molar-refractivity contribution in [3.05, 3.63) is 87.4 Å². The molecule has 2 amide bonds. The molecule has 0 spiro atoms. The van der Waals surface area contributed by atoms with Crippen molar-refractivity contribution in [3.8, 4) is 11.1 Å². The summed E-state index contributed by atoms with van der Waals surface area (Å²) in [6.07, 6.45) is 0.151. The largest absolute Gasteiger partial charge is 0.480 e. The SMILES string of the molecule is Cc1cc(Br)c(C(=O)NC2(C(=O)O)CC2)cc1NC(=O)OCC1c2ccccc2-c2ccccc21. The van der Waals surface area contributed by atoms with E-state index in [-0.39, 0.29) is 18.1 Å². The van der Waals surface area contributed by atoms with Gasteiger partial charge in [0.2, 0.25) is 0 Å². The number of anilines is 1. The normalized spacial score (nSPS) is 15.0. The smallest absolute Gasteiger partial charge is 0.411 e. The molecule has 0 aliphatic heterocycles. The zero-order valence-electron chi connectivity index (χ0n) is 18.9. The van der Waals surface area contributed by atoms with Crippen LogP contribution in [0.25, 0.3) is 11.1 Å². The predicted octanol–water partition coefficient (Wildman–Crippen LogP) is 5.47. The van der Waals surface area contributed by atoms with E-state index in [4.69, 9.17) is 4.74 Å². The molecule has 35 heavy (non-hydrogen) atoms. The molecule has 2 aliphatic carbocycles. The van der Waals surface area contributed by atoms with Crippen LogP contribution in [0.2, 0.25) is 0 Å². The van der Waals surface area contributed by atoms with Crippen LogP contribution in [0, 0.1) is 6.92 Å². The summed E-state index contributed by atoms with van der Waals surface area (Å²) in [6.45, 7) is 1.97. The summed E-state index contributed by atoms with van der Waals surface area (Å²) >= 11 is 3.37. The fourth-order valence-electron chi connectivity index (χ4n) is 4.53. The van der Waals surface area contributed by atoms with Gasteiger partial charge < -0.3 is 15.2 Å². The highest BCUT2D eigenvalue weighted by molar-refractivity contribution is 9.10. The molecule has 1 saturated carbocycles. The lowest BCUT2D eigenvalue weighted by Crippen LogP contribution is -2.43. The molecule has 7 nitrogen and oxygen atoms in total. The number of nitrogens with one attached hydrogen (secondary N) is 2. The summed E-state index contributed by atoms with van der Waals surface area (Å²) < 4.78 is 6.12. The van der Waals surface area contributed by atoms with Crippen LogP contribution in [-0.2, 0) is 9.53 Å². The van der Waals surface area contributed by atoms with Crippen molar-refractivity contribution in [2.24, 2.45) is 0 Å². The number of carboxylic acids is 1. The van der Waals surface area contributed by atoms with Crippen LogP contribution >= 0.6 is 15.9 Å². The minimum absolute atomic E-state index is 0.0637. The van der Waals surface area contributed by atoms with Crippen molar-refractivity contribution in [1.82, 2.24) is 5.32 Å². The van der Waals surface area contributed by atoms with E-state index < -0.39 is 23.5 Å². The molecule has 0 atom stereocenters. The fraction of sp³-hybridized carbons (Fsp3) is 0.222. The van der Waals surface area contributed by atoms with Gasteiger partial charge in [-0.1, -0.05) is 48.5 Å². The van der Waals surface area contributed by atoms with E-state index in [0.717, 1.165) is 27.8 Å². The Morgan fingerprint density at radius 1 is 1.03 bits per heavy atom. The van der Waals surface area contributed by atoms with E-state index in [2.05, 4.69) is 50.8 Å². The molecule has 0 heterocycles. The Hall–Kier alpha value is -3.65. The average Bonchev–Trinajstić information content (AvgIpc) is 3.55. The Balaban J connectivity index is 1.30. The molecule has 5 rings (SSSR count). The molecule has 1 fully saturated rings. The maximum atomic E-state index is 12.8. The molecular formula is C27H23BrN2O5. The molecular weight excluding hydrogens is 512 g/mol. The molecule has 0 bridgehead atoms. The van der Waals surface area contributed by atoms with Crippen LogP contribution in [0.4, 0.5) is 10.5 Å². The first-order valence-electron chi connectivity index (χ1n) is 11.3. The molecule has 3 N–H and O–H groups in total. The van der Waals surface area contributed by atoms with Gasteiger partial charge in [-0.3, -0.25) is 10.1 Å². The lowest BCUT2D eigenvalue weighted by molar-refractivity contribution is -0.140. The van der Waals surface area contributed by atoms with Crippen molar-refractivity contribution >= 4 is 39.6 Å². The van der Waals surface area contributed by atoms with Crippen molar-refractivity contribution in [1.29, 1.82) is 0 Å². The number of benzene rings is 3. The summed E-state index contributed by atoms with van der Waals surface area (Å²) in [5, 5.41) is 14.7. The quantitative estimate of drug-likeness (QED) is 0.389. The van der Waals surface area contributed by atoms with Crippen LogP contribution in [0.5, 0.6) is 0 Å². The van der Waals surface area contributed by atoms with Gasteiger partial charge in [-0.25, -0.2) is 9.59 Å². The third-order valence-electron chi connectivity index (χ3n) is 6.65. The number of hydrogen-bond donors (Lipinski definition) is 3.